The van der Waals surface area contributed by atoms with Crippen molar-refractivity contribution in [2.75, 3.05) is 31.1 Å². The maximum Gasteiger partial charge on any atom is 0.265 e. The van der Waals surface area contributed by atoms with Crippen LogP contribution in [0.4, 0.5) is 5.69 Å². The van der Waals surface area contributed by atoms with E-state index in [4.69, 9.17) is 0 Å². The fourth-order valence-corrected chi connectivity index (χ4v) is 3.41. The van der Waals surface area contributed by atoms with Gasteiger partial charge in [-0.1, -0.05) is 12.1 Å². The summed E-state index contributed by atoms with van der Waals surface area (Å²) in [7, 11) is 0. The number of aryl methyl sites for hydroxylation is 2. The van der Waals surface area contributed by atoms with Gasteiger partial charge in [0.2, 0.25) is 0 Å². The highest BCUT2D eigenvalue weighted by Gasteiger charge is 2.24. The van der Waals surface area contributed by atoms with Crippen LogP contribution in [0.1, 0.15) is 20.9 Å². The van der Waals surface area contributed by atoms with Crippen LogP contribution in [-0.2, 0) is 0 Å². The van der Waals surface area contributed by atoms with Crippen LogP contribution in [0.25, 0.3) is 0 Å². The Morgan fingerprint density at radius 2 is 1.95 bits per heavy atom. The molecular weight excluding hydrogens is 282 g/mol. The number of anilines is 1. The Labute approximate surface area is 129 Å². The Balaban J connectivity index is 1.65. The van der Waals surface area contributed by atoms with E-state index < -0.39 is 0 Å². The average Bonchev–Trinajstić information content (AvgIpc) is 2.93. The molecule has 21 heavy (non-hydrogen) atoms. The molecule has 1 amide bonds. The topological polar surface area (TPSA) is 36.4 Å². The van der Waals surface area contributed by atoms with Crippen molar-refractivity contribution in [2.24, 2.45) is 0 Å². The van der Waals surface area contributed by atoms with Gasteiger partial charge < -0.3 is 9.80 Å². The smallest absolute Gasteiger partial charge is 0.265 e. The molecule has 4 nitrogen and oxygen atoms in total. The van der Waals surface area contributed by atoms with E-state index >= 15 is 0 Å². The lowest BCUT2D eigenvalue weighted by molar-refractivity contribution is 0.0750. The minimum absolute atomic E-state index is 0.124. The van der Waals surface area contributed by atoms with Gasteiger partial charge in [-0.25, -0.2) is 4.98 Å². The zero-order chi connectivity index (χ0) is 14.8. The molecule has 0 N–H and O–H groups in total. The zero-order valence-corrected chi connectivity index (χ0v) is 13.2. The molecule has 2 aromatic rings. The first-order valence-corrected chi connectivity index (χ1v) is 8.04. The summed E-state index contributed by atoms with van der Waals surface area (Å²) < 4.78 is 0. The largest absolute Gasteiger partial charge is 0.368 e. The second-order valence-corrected chi connectivity index (χ2v) is 6.24. The molecule has 0 bridgehead atoms. The molecule has 0 radical (unpaired) electrons. The van der Waals surface area contributed by atoms with Crippen molar-refractivity contribution in [3.8, 4) is 0 Å². The normalized spacial score (nSPS) is 15.3. The van der Waals surface area contributed by atoms with E-state index in [1.165, 1.54) is 22.6 Å². The number of hydrogen-bond donors (Lipinski definition) is 0. The SMILES string of the molecule is Cc1cccc(N2CCN(C(=O)c3scnc3C)CC2)c1. The Kier molecular flexibility index (Phi) is 3.92. The summed E-state index contributed by atoms with van der Waals surface area (Å²) in [6, 6.07) is 8.53. The van der Waals surface area contributed by atoms with Crippen molar-refractivity contribution >= 4 is 22.9 Å². The number of carbonyl (C=O) groups excluding carboxylic acids is 1. The number of amides is 1. The fraction of sp³-hybridized carbons (Fsp3) is 0.375. The summed E-state index contributed by atoms with van der Waals surface area (Å²) in [5, 5.41) is 0. The van der Waals surface area contributed by atoms with Gasteiger partial charge in [-0.05, 0) is 31.5 Å². The van der Waals surface area contributed by atoms with Crippen LogP contribution in [0.15, 0.2) is 29.8 Å². The lowest BCUT2D eigenvalue weighted by Crippen LogP contribution is -2.48. The third kappa shape index (κ3) is 2.93. The molecule has 1 aromatic carbocycles. The number of carbonyl (C=O) groups is 1. The molecule has 0 spiro atoms. The van der Waals surface area contributed by atoms with Gasteiger partial charge in [0, 0.05) is 31.9 Å². The molecule has 1 saturated heterocycles. The van der Waals surface area contributed by atoms with Crippen LogP contribution in [0.2, 0.25) is 0 Å². The Bertz CT molecular complexity index is 644. The van der Waals surface area contributed by atoms with Gasteiger partial charge in [-0.3, -0.25) is 4.79 Å². The molecule has 0 atom stereocenters. The highest BCUT2D eigenvalue weighted by atomic mass is 32.1. The predicted octanol–water partition coefficient (Wildman–Crippen LogP) is 2.72. The molecule has 3 rings (SSSR count). The maximum atomic E-state index is 12.5. The number of nitrogens with zero attached hydrogens (tertiary/aromatic N) is 3. The van der Waals surface area contributed by atoms with Crippen molar-refractivity contribution in [3.05, 3.63) is 45.9 Å². The Hall–Kier alpha value is -1.88. The van der Waals surface area contributed by atoms with Gasteiger partial charge in [-0.2, -0.15) is 0 Å². The highest BCUT2D eigenvalue weighted by Crippen LogP contribution is 2.20. The van der Waals surface area contributed by atoms with E-state index in [0.29, 0.717) is 0 Å². The van der Waals surface area contributed by atoms with Crippen LogP contribution in [0.5, 0.6) is 0 Å². The molecule has 0 saturated carbocycles. The number of thiazole rings is 1. The van der Waals surface area contributed by atoms with E-state index in [0.717, 1.165) is 36.8 Å². The van der Waals surface area contributed by atoms with Gasteiger partial charge in [0.15, 0.2) is 0 Å². The molecule has 1 fully saturated rings. The van der Waals surface area contributed by atoms with Crippen LogP contribution in [0, 0.1) is 13.8 Å². The molecule has 5 heteroatoms. The van der Waals surface area contributed by atoms with Crippen LogP contribution >= 0.6 is 11.3 Å². The van der Waals surface area contributed by atoms with Crippen molar-refractivity contribution in [2.45, 2.75) is 13.8 Å². The summed E-state index contributed by atoms with van der Waals surface area (Å²) in [6.07, 6.45) is 0. The first-order valence-electron chi connectivity index (χ1n) is 7.16. The third-order valence-electron chi connectivity index (χ3n) is 3.87. The van der Waals surface area contributed by atoms with Crippen LogP contribution in [-0.4, -0.2) is 42.0 Å². The molecule has 110 valence electrons. The number of hydrogen-bond acceptors (Lipinski definition) is 4. The molecular formula is C16H19N3OS. The summed E-state index contributed by atoms with van der Waals surface area (Å²) in [5.74, 6) is 0.124. The fourth-order valence-electron chi connectivity index (χ4n) is 2.64. The van der Waals surface area contributed by atoms with Gasteiger partial charge in [0.1, 0.15) is 4.88 Å². The lowest BCUT2D eigenvalue weighted by atomic mass is 10.2. The summed E-state index contributed by atoms with van der Waals surface area (Å²) in [5.41, 5.74) is 5.10. The molecule has 1 aromatic heterocycles. The molecule has 0 unspecified atom stereocenters. The van der Waals surface area contributed by atoms with Crippen molar-refractivity contribution < 1.29 is 4.79 Å². The number of piperazine rings is 1. The van der Waals surface area contributed by atoms with E-state index in [2.05, 4.69) is 41.1 Å². The first-order chi connectivity index (χ1) is 10.1. The molecule has 1 aliphatic heterocycles. The second-order valence-electron chi connectivity index (χ2n) is 5.39. The second kappa shape index (κ2) is 5.85. The van der Waals surface area contributed by atoms with Crippen molar-refractivity contribution in [3.63, 3.8) is 0 Å². The monoisotopic (exact) mass is 301 g/mol. The van der Waals surface area contributed by atoms with E-state index in [1.54, 1.807) is 5.51 Å². The van der Waals surface area contributed by atoms with Gasteiger partial charge in [-0.15, -0.1) is 11.3 Å². The minimum Gasteiger partial charge on any atom is -0.368 e. The van der Waals surface area contributed by atoms with E-state index in [1.807, 2.05) is 11.8 Å². The van der Waals surface area contributed by atoms with Gasteiger partial charge in [0.05, 0.1) is 11.2 Å². The van der Waals surface area contributed by atoms with Gasteiger partial charge in [0.25, 0.3) is 5.91 Å². The van der Waals surface area contributed by atoms with Crippen LogP contribution in [0.3, 0.4) is 0 Å². The number of benzene rings is 1. The predicted molar refractivity (Wildman–Crippen MR) is 86.1 cm³/mol. The summed E-state index contributed by atoms with van der Waals surface area (Å²) >= 11 is 1.43. The lowest BCUT2D eigenvalue weighted by Gasteiger charge is -2.36. The van der Waals surface area contributed by atoms with E-state index in [9.17, 15) is 4.79 Å². The van der Waals surface area contributed by atoms with Crippen LogP contribution < -0.4 is 4.90 Å². The standard InChI is InChI=1S/C16H19N3OS/c1-12-4-3-5-14(10-12)18-6-8-19(9-7-18)16(20)15-13(2)17-11-21-15/h3-5,10-11H,6-9H2,1-2H3. The number of aromatic nitrogens is 1. The first kappa shape index (κ1) is 14.1. The quantitative estimate of drug-likeness (QED) is 0.856. The molecule has 2 heterocycles. The van der Waals surface area contributed by atoms with Crippen molar-refractivity contribution in [1.82, 2.24) is 9.88 Å². The van der Waals surface area contributed by atoms with Gasteiger partial charge >= 0.3 is 0 Å². The number of rotatable bonds is 2. The zero-order valence-electron chi connectivity index (χ0n) is 12.4. The minimum atomic E-state index is 0.124. The van der Waals surface area contributed by atoms with E-state index in [-0.39, 0.29) is 5.91 Å². The highest BCUT2D eigenvalue weighted by molar-refractivity contribution is 7.11. The Morgan fingerprint density at radius 1 is 1.19 bits per heavy atom. The average molecular weight is 301 g/mol. The summed E-state index contributed by atoms with van der Waals surface area (Å²) in [6.45, 7) is 7.30. The molecule has 1 aliphatic rings. The third-order valence-corrected chi connectivity index (χ3v) is 4.79. The van der Waals surface area contributed by atoms with Crippen molar-refractivity contribution in [1.29, 1.82) is 0 Å². The Morgan fingerprint density at radius 3 is 2.57 bits per heavy atom. The maximum absolute atomic E-state index is 12.5. The summed E-state index contributed by atoms with van der Waals surface area (Å²) in [4.78, 5) is 21.7. The molecule has 0 aliphatic carbocycles.